The van der Waals surface area contributed by atoms with Gasteiger partial charge in [0.25, 0.3) is 0 Å². The van der Waals surface area contributed by atoms with Crippen LogP contribution in [0.3, 0.4) is 0 Å². The highest BCUT2D eigenvalue weighted by molar-refractivity contribution is 5.87. The number of carboxylic acid groups (broad SMARTS) is 1. The van der Waals surface area contributed by atoms with Gasteiger partial charge in [0.05, 0.1) is 6.04 Å². The predicted molar refractivity (Wildman–Crippen MR) is 71.3 cm³/mol. The molecule has 0 aromatic rings. The first-order valence-corrected chi connectivity index (χ1v) is 6.30. The molecule has 0 aliphatic rings. The van der Waals surface area contributed by atoms with Crippen LogP contribution in [-0.2, 0) is 9.59 Å². The third kappa shape index (κ3) is 5.49. The van der Waals surface area contributed by atoms with Gasteiger partial charge in [0.1, 0.15) is 6.04 Å². The number of carbonyl (C=O) groups excluding carboxylic acids is 1. The van der Waals surface area contributed by atoms with Crippen LogP contribution in [-0.4, -0.2) is 36.1 Å². The standard InChI is InChI=1S/C13H26N2O3/c1-8(2)7-9(12(17)18)15-11(16)10(14-6)13(3,4)5/h8-10,14H,7H2,1-6H3,(H,15,16)(H,17,18)/t9-,10+/m0/s1. The third-order valence-corrected chi connectivity index (χ3v) is 2.74. The summed E-state index contributed by atoms with van der Waals surface area (Å²) in [4.78, 5) is 23.2. The fourth-order valence-corrected chi connectivity index (χ4v) is 1.91. The second kappa shape index (κ2) is 6.73. The van der Waals surface area contributed by atoms with Crippen molar-refractivity contribution >= 4 is 11.9 Å². The van der Waals surface area contributed by atoms with Gasteiger partial charge in [-0.2, -0.15) is 0 Å². The molecule has 0 aliphatic carbocycles. The zero-order chi connectivity index (χ0) is 14.5. The van der Waals surface area contributed by atoms with Gasteiger partial charge < -0.3 is 15.7 Å². The van der Waals surface area contributed by atoms with Crippen molar-refractivity contribution in [1.82, 2.24) is 10.6 Å². The molecule has 0 saturated heterocycles. The van der Waals surface area contributed by atoms with Gasteiger partial charge in [-0.15, -0.1) is 0 Å². The molecule has 5 nitrogen and oxygen atoms in total. The van der Waals surface area contributed by atoms with E-state index in [1.807, 2.05) is 34.6 Å². The average molecular weight is 258 g/mol. The minimum absolute atomic E-state index is 0.217. The van der Waals surface area contributed by atoms with E-state index in [1.54, 1.807) is 7.05 Å². The third-order valence-electron chi connectivity index (χ3n) is 2.74. The summed E-state index contributed by atoms with van der Waals surface area (Å²) in [5.74, 6) is -1.03. The lowest BCUT2D eigenvalue weighted by molar-refractivity contribution is -0.143. The highest BCUT2D eigenvalue weighted by Gasteiger charge is 2.32. The summed E-state index contributed by atoms with van der Waals surface area (Å²) < 4.78 is 0. The van der Waals surface area contributed by atoms with Crippen molar-refractivity contribution < 1.29 is 14.7 Å². The van der Waals surface area contributed by atoms with E-state index in [0.29, 0.717) is 6.42 Å². The summed E-state index contributed by atoms with van der Waals surface area (Å²) >= 11 is 0. The van der Waals surface area contributed by atoms with Crippen LogP contribution in [0.25, 0.3) is 0 Å². The SMILES string of the molecule is CN[C@H](C(=O)N[C@@H](CC(C)C)C(=O)O)C(C)(C)C. The molecule has 0 saturated carbocycles. The van der Waals surface area contributed by atoms with Crippen LogP contribution >= 0.6 is 0 Å². The number of likely N-dealkylation sites (N-methyl/N-ethyl adjacent to an activating group) is 1. The van der Waals surface area contributed by atoms with Crippen LogP contribution in [0.5, 0.6) is 0 Å². The number of carbonyl (C=O) groups is 2. The Bertz CT molecular complexity index is 295. The summed E-state index contributed by atoms with van der Waals surface area (Å²) in [7, 11) is 1.70. The molecule has 0 aromatic heterocycles. The molecule has 18 heavy (non-hydrogen) atoms. The van der Waals surface area contributed by atoms with Gasteiger partial charge in [-0.05, 0) is 24.8 Å². The average Bonchev–Trinajstić information content (AvgIpc) is 2.14. The van der Waals surface area contributed by atoms with Crippen molar-refractivity contribution in [3.63, 3.8) is 0 Å². The molecule has 0 fully saturated rings. The van der Waals surface area contributed by atoms with Gasteiger partial charge in [0, 0.05) is 0 Å². The molecule has 0 aliphatic heterocycles. The van der Waals surface area contributed by atoms with Crippen molar-refractivity contribution in [3.8, 4) is 0 Å². The Labute approximate surface area is 109 Å². The zero-order valence-corrected chi connectivity index (χ0v) is 12.2. The molecule has 1 amide bonds. The molecule has 2 atom stereocenters. The number of aliphatic carboxylic acids is 1. The lowest BCUT2D eigenvalue weighted by Crippen LogP contribution is -2.54. The van der Waals surface area contributed by atoms with E-state index in [0.717, 1.165) is 0 Å². The van der Waals surface area contributed by atoms with Crippen LogP contribution in [0.15, 0.2) is 0 Å². The summed E-state index contributed by atoms with van der Waals surface area (Å²) in [6, 6.07) is -1.23. The summed E-state index contributed by atoms with van der Waals surface area (Å²) in [6.45, 7) is 9.67. The van der Waals surface area contributed by atoms with Gasteiger partial charge in [-0.3, -0.25) is 4.79 Å². The van der Waals surface area contributed by atoms with E-state index in [4.69, 9.17) is 5.11 Å². The van der Waals surface area contributed by atoms with E-state index in [1.165, 1.54) is 0 Å². The Balaban J connectivity index is 4.73. The predicted octanol–water partition coefficient (Wildman–Crippen LogP) is 1.24. The molecule has 5 heteroatoms. The number of hydrogen-bond donors (Lipinski definition) is 3. The molecule has 0 aromatic carbocycles. The van der Waals surface area contributed by atoms with E-state index in [-0.39, 0.29) is 17.2 Å². The minimum Gasteiger partial charge on any atom is -0.480 e. The molecule has 0 spiro atoms. The first-order valence-electron chi connectivity index (χ1n) is 6.30. The van der Waals surface area contributed by atoms with Crippen LogP contribution in [0.1, 0.15) is 41.0 Å². The second-order valence-electron chi connectivity index (χ2n) is 6.12. The lowest BCUT2D eigenvalue weighted by Gasteiger charge is -2.30. The molecule has 0 bridgehead atoms. The monoisotopic (exact) mass is 258 g/mol. The normalized spacial score (nSPS) is 15.3. The maximum Gasteiger partial charge on any atom is 0.326 e. The maximum atomic E-state index is 12.1. The molecule has 0 radical (unpaired) electrons. The largest absolute Gasteiger partial charge is 0.480 e. The number of nitrogens with one attached hydrogen (secondary N) is 2. The number of hydrogen-bond acceptors (Lipinski definition) is 3. The van der Waals surface area contributed by atoms with Crippen LogP contribution in [0.4, 0.5) is 0 Å². The van der Waals surface area contributed by atoms with Crippen molar-refractivity contribution in [2.45, 2.75) is 53.1 Å². The molecular formula is C13H26N2O3. The molecule has 0 unspecified atom stereocenters. The number of carboxylic acids is 1. The lowest BCUT2D eigenvalue weighted by atomic mass is 9.86. The quantitative estimate of drug-likeness (QED) is 0.669. The van der Waals surface area contributed by atoms with E-state index in [9.17, 15) is 9.59 Å². The van der Waals surface area contributed by atoms with Gasteiger partial charge in [0.2, 0.25) is 5.91 Å². The summed E-state index contributed by atoms with van der Waals surface area (Å²) in [6.07, 6.45) is 0.432. The minimum atomic E-state index is -0.985. The molecule has 0 heterocycles. The van der Waals surface area contributed by atoms with Gasteiger partial charge >= 0.3 is 5.97 Å². The van der Waals surface area contributed by atoms with E-state index >= 15 is 0 Å². The molecular weight excluding hydrogens is 232 g/mol. The first-order chi connectivity index (χ1) is 8.09. The van der Waals surface area contributed by atoms with E-state index < -0.39 is 18.1 Å². The molecule has 0 rings (SSSR count). The maximum absolute atomic E-state index is 12.1. The van der Waals surface area contributed by atoms with Crippen molar-refractivity contribution in [2.24, 2.45) is 11.3 Å². The highest BCUT2D eigenvalue weighted by atomic mass is 16.4. The fourth-order valence-electron chi connectivity index (χ4n) is 1.91. The number of rotatable bonds is 6. The van der Waals surface area contributed by atoms with Crippen molar-refractivity contribution in [3.05, 3.63) is 0 Å². The second-order valence-corrected chi connectivity index (χ2v) is 6.12. The Kier molecular flexibility index (Phi) is 6.32. The van der Waals surface area contributed by atoms with Crippen LogP contribution in [0, 0.1) is 11.3 Å². The Morgan fingerprint density at radius 1 is 1.22 bits per heavy atom. The number of amides is 1. The zero-order valence-electron chi connectivity index (χ0n) is 12.2. The highest BCUT2D eigenvalue weighted by Crippen LogP contribution is 2.19. The Morgan fingerprint density at radius 3 is 2.00 bits per heavy atom. The van der Waals surface area contributed by atoms with E-state index in [2.05, 4.69) is 10.6 Å². The van der Waals surface area contributed by atoms with Crippen LogP contribution in [0.2, 0.25) is 0 Å². The summed E-state index contributed by atoms with van der Waals surface area (Å²) in [5.41, 5.74) is -0.264. The van der Waals surface area contributed by atoms with Gasteiger partial charge in [0.15, 0.2) is 0 Å². The van der Waals surface area contributed by atoms with Crippen molar-refractivity contribution in [2.75, 3.05) is 7.05 Å². The molecule has 3 N–H and O–H groups in total. The first kappa shape index (κ1) is 16.9. The molecule has 106 valence electrons. The van der Waals surface area contributed by atoms with Gasteiger partial charge in [-0.1, -0.05) is 34.6 Å². The van der Waals surface area contributed by atoms with Crippen LogP contribution < -0.4 is 10.6 Å². The van der Waals surface area contributed by atoms with Gasteiger partial charge in [-0.25, -0.2) is 4.79 Å². The topological polar surface area (TPSA) is 78.4 Å². The Hall–Kier alpha value is -1.10. The Morgan fingerprint density at radius 2 is 1.72 bits per heavy atom. The fraction of sp³-hybridized carbons (Fsp3) is 0.846. The van der Waals surface area contributed by atoms with Crippen molar-refractivity contribution in [1.29, 1.82) is 0 Å². The summed E-state index contributed by atoms with van der Waals surface area (Å²) in [5, 5.41) is 14.6. The smallest absolute Gasteiger partial charge is 0.326 e.